The van der Waals surface area contributed by atoms with Crippen LogP contribution < -0.4 is 11.1 Å². The summed E-state index contributed by atoms with van der Waals surface area (Å²) in [5.41, 5.74) is 7.89. The molecule has 0 fully saturated rings. The highest BCUT2D eigenvalue weighted by molar-refractivity contribution is 5.85. The summed E-state index contributed by atoms with van der Waals surface area (Å²) in [6.07, 6.45) is 2.53. The third-order valence-electron chi connectivity index (χ3n) is 3.15. The molecule has 0 radical (unpaired) electrons. The molecule has 0 atom stereocenters. The Morgan fingerprint density at radius 3 is 2.54 bits per heavy atom. The fraction of sp³-hybridized carbons (Fsp3) is 0.250. The van der Waals surface area contributed by atoms with Crippen molar-refractivity contribution in [1.82, 2.24) is 19.5 Å². The van der Waals surface area contributed by atoms with Crippen LogP contribution in [0, 0.1) is 0 Å². The average molecular weight is 326 g/mol. The van der Waals surface area contributed by atoms with Gasteiger partial charge in [0.1, 0.15) is 18.3 Å². The van der Waals surface area contributed by atoms with Crippen LogP contribution in [0.3, 0.4) is 0 Å². The van der Waals surface area contributed by atoms with Crippen molar-refractivity contribution in [3.63, 3.8) is 0 Å². The second-order valence-electron chi connectivity index (χ2n) is 6.22. The Bertz CT molecular complexity index is 880. The Labute approximate surface area is 138 Å². The molecule has 0 aliphatic rings. The van der Waals surface area contributed by atoms with Crippen molar-refractivity contribution in [1.29, 1.82) is 0 Å². The lowest BCUT2D eigenvalue weighted by molar-refractivity contribution is 0.0636. The normalized spacial score (nSPS) is 11.5. The zero-order chi connectivity index (χ0) is 17.3. The Morgan fingerprint density at radius 1 is 1.17 bits per heavy atom. The van der Waals surface area contributed by atoms with Gasteiger partial charge in [0.2, 0.25) is 0 Å². The number of hydrogen-bond acceptors (Lipinski definition) is 6. The summed E-state index contributed by atoms with van der Waals surface area (Å²) >= 11 is 0. The third-order valence-corrected chi connectivity index (χ3v) is 3.15. The molecule has 2 aromatic heterocycles. The van der Waals surface area contributed by atoms with Crippen LogP contribution in [0.15, 0.2) is 36.9 Å². The number of anilines is 2. The van der Waals surface area contributed by atoms with Crippen LogP contribution in [0.4, 0.5) is 16.3 Å². The van der Waals surface area contributed by atoms with E-state index in [4.69, 9.17) is 10.5 Å². The Kier molecular flexibility index (Phi) is 3.80. The molecule has 0 aliphatic heterocycles. The Hall–Kier alpha value is -3.16. The van der Waals surface area contributed by atoms with Crippen LogP contribution in [-0.4, -0.2) is 31.2 Å². The summed E-state index contributed by atoms with van der Waals surface area (Å²) in [6.45, 7) is 5.44. The number of fused-ring (bicyclic) bond motifs is 1. The molecule has 1 amide bonds. The summed E-state index contributed by atoms with van der Waals surface area (Å²) in [5, 5.41) is 2.69. The minimum absolute atomic E-state index is 0.335. The van der Waals surface area contributed by atoms with Crippen molar-refractivity contribution < 1.29 is 9.53 Å². The average Bonchev–Trinajstić information content (AvgIpc) is 2.91. The number of ether oxygens (including phenoxy) is 1. The first kappa shape index (κ1) is 15.7. The predicted octanol–water partition coefficient (Wildman–Crippen LogP) is 2.74. The van der Waals surface area contributed by atoms with Crippen molar-refractivity contribution in [2.75, 3.05) is 11.1 Å². The highest BCUT2D eigenvalue weighted by Crippen LogP contribution is 2.20. The maximum Gasteiger partial charge on any atom is 0.412 e. The van der Waals surface area contributed by atoms with E-state index in [1.807, 2.05) is 32.9 Å². The molecular formula is C16H18N6O2. The molecule has 0 saturated heterocycles. The molecule has 0 saturated carbocycles. The number of amides is 1. The van der Waals surface area contributed by atoms with E-state index in [1.54, 1.807) is 23.0 Å². The first-order valence-electron chi connectivity index (χ1n) is 7.37. The topological polar surface area (TPSA) is 108 Å². The van der Waals surface area contributed by atoms with Gasteiger partial charge in [0, 0.05) is 11.4 Å². The van der Waals surface area contributed by atoms with Crippen molar-refractivity contribution in [2.24, 2.45) is 0 Å². The summed E-state index contributed by atoms with van der Waals surface area (Å²) in [5.74, 6) is 0.335. The lowest BCUT2D eigenvalue weighted by Gasteiger charge is -2.19. The first-order valence-corrected chi connectivity index (χ1v) is 7.37. The minimum Gasteiger partial charge on any atom is -0.444 e. The Morgan fingerprint density at radius 2 is 1.88 bits per heavy atom. The van der Waals surface area contributed by atoms with Crippen LogP contribution in [0.5, 0.6) is 0 Å². The number of nitrogens with one attached hydrogen (secondary N) is 1. The summed E-state index contributed by atoms with van der Waals surface area (Å²) in [7, 11) is 0. The highest BCUT2D eigenvalue weighted by atomic mass is 16.6. The molecule has 3 aromatic rings. The molecule has 0 unspecified atom stereocenters. The highest BCUT2D eigenvalue weighted by Gasteiger charge is 2.16. The molecule has 24 heavy (non-hydrogen) atoms. The van der Waals surface area contributed by atoms with E-state index in [0.29, 0.717) is 22.7 Å². The molecule has 3 N–H and O–H groups in total. The smallest absolute Gasteiger partial charge is 0.412 e. The fourth-order valence-corrected chi connectivity index (χ4v) is 2.17. The van der Waals surface area contributed by atoms with Gasteiger partial charge >= 0.3 is 6.09 Å². The van der Waals surface area contributed by atoms with Gasteiger partial charge in [-0.1, -0.05) is 0 Å². The molecular weight excluding hydrogens is 308 g/mol. The van der Waals surface area contributed by atoms with Gasteiger partial charge in [-0.15, -0.1) is 0 Å². The monoisotopic (exact) mass is 326 g/mol. The number of rotatable bonds is 2. The zero-order valence-corrected chi connectivity index (χ0v) is 13.6. The van der Waals surface area contributed by atoms with E-state index in [-0.39, 0.29) is 0 Å². The number of carbonyl (C=O) groups excluding carboxylic acids is 1. The molecule has 3 rings (SSSR count). The molecule has 124 valence electrons. The number of nitrogens with two attached hydrogens (primary N) is 1. The Balaban J connectivity index is 1.81. The van der Waals surface area contributed by atoms with Crippen molar-refractivity contribution >= 4 is 28.8 Å². The maximum absolute atomic E-state index is 11.8. The fourth-order valence-electron chi connectivity index (χ4n) is 2.17. The molecule has 0 spiro atoms. The standard InChI is InChI=1S/C16H18N6O2/c1-16(2,3)24-15(23)21-10-4-6-11(7-5-10)22-9-20-12-13(17)18-8-19-14(12)22/h4-9H,1-3H3,(H,21,23)(H2,17,18,19). The van der Waals surface area contributed by atoms with Crippen molar-refractivity contribution in [3.05, 3.63) is 36.9 Å². The van der Waals surface area contributed by atoms with Crippen molar-refractivity contribution in [2.45, 2.75) is 26.4 Å². The zero-order valence-electron chi connectivity index (χ0n) is 13.6. The molecule has 0 aliphatic carbocycles. The molecule has 1 aromatic carbocycles. The summed E-state index contributed by atoms with van der Waals surface area (Å²) in [4.78, 5) is 24.1. The maximum atomic E-state index is 11.8. The van der Waals surface area contributed by atoms with Gasteiger partial charge in [-0.05, 0) is 45.0 Å². The molecule has 0 bridgehead atoms. The lowest BCUT2D eigenvalue weighted by Crippen LogP contribution is -2.27. The van der Waals surface area contributed by atoms with Crippen LogP contribution in [-0.2, 0) is 4.74 Å². The number of benzene rings is 1. The number of aromatic nitrogens is 4. The van der Waals surface area contributed by atoms with E-state index in [9.17, 15) is 4.79 Å². The second-order valence-corrected chi connectivity index (χ2v) is 6.22. The summed E-state index contributed by atoms with van der Waals surface area (Å²) in [6, 6.07) is 7.23. The minimum atomic E-state index is -0.542. The largest absolute Gasteiger partial charge is 0.444 e. The van der Waals surface area contributed by atoms with Gasteiger partial charge < -0.3 is 10.5 Å². The quantitative estimate of drug-likeness (QED) is 0.749. The van der Waals surface area contributed by atoms with Gasteiger partial charge in [0.25, 0.3) is 0 Å². The van der Waals surface area contributed by atoms with Crippen LogP contribution in [0.1, 0.15) is 20.8 Å². The van der Waals surface area contributed by atoms with Gasteiger partial charge in [-0.25, -0.2) is 19.7 Å². The van der Waals surface area contributed by atoms with Gasteiger partial charge in [-0.2, -0.15) is 0 Å². The van der Waals surface area contributed by atoms with Crippen LogP contribution in [0.25, 0.3) is 16.9 Å². The second kappa shape index (κ2) is 5.80. The molecule has 8 nitrogen and oxygen atoms in total. The number of nitrogens with zero attached hydrogens (tertiary/aromatic N) is 4. The molecule has 8 heteroatoms. The van der Waals surface area contributed by atoms with E-state index >= 15 is 0 Å². The van der Waals surface area contributed by atoms with Gasteiger partial charge in [0.15, 0.2) is 17.0 Å². The van der Waals surface area contributed by atoms with E-state index in [0.717, 1.165) is 5.69 Å². The SMILES string of the molecule is CC(C)(C)OC(=O)Nc1ccc(-n2cnc3c(N)ncnc32)cc1. The predicted molar refractivity (Wildman–Crippen MR) is 90.9 cm³/mol. The molecule has 2 heterocycles. The van der Waals surface area contributed by atoms with E-state index < -0.39 is 11.7 Å². The third kappa shape index (κ3) is 3.27. The number of imidazole rings is 1. The number of nitrogen functional groups attached to an aromatic ring is 1. The first-order chi connectivity index (χ1) is 11.3. The number of carbonyl (C=O) groups is 1. The van der Waals surface area contributed by atoms with Crippen molar-refractivity contribution in [3.8, 4) is 5.69 Å². The van der Waals surface area contributed by atoms with Gasteiger partial charge in [-0.3, -0.25) is 9.88 Å². The van der Waals surface area contributed by atoms with E-state index in [1.165, 1.54) is 6.33 Å². The van der Waals surface area contributed by atoms with Crippen LogP contribution >= 0.6 is 0 Å². The summed E-state index contributed by atoms with van der Waals surface area (Å²) < 4.78 is 7.02. The lowest BCUT2D eigenvalue weighted by atomic mass is 10.2. The number of hydrogen-bond donors (Lipinski definition) is 2. The van der Waals surface area contributed by atoms with Crippen LogP contribution in [0.2, 0.25) is 0 Å². The van der Waals surface area contributed by atoms with E-state index in [2.05, 4.69) is 20.3 Å². The van der Waals surface area contributed by atoms with Gasteiger partial charge in [0.05, 0.1) is 0 Å².